The summed E-state index contributed by atoms with van der Waals surface area (Å²) in [5.74, 6) is -1.89. The maximum absolute atomic E-state index is 13.4. The average molecular weight is 286 g/mol. The number of nitrogen functional groups attached to an aromatic ring is 1. The third-order valence-corrected chi connectivity index (χ3v) is 2.70. The molecule has 0 aromatic heterocycles. The van der Waals surface area contributed by atoms with E-state index >= 15 is 0 Å². The summed E-state index contributed by atoms with van der Waals surface area (Å²) < 4.78 is 31.7. The first-order chi connectivity index (χ1) is 9.41. The van der Waals surface area contributed by atoms with Crippen molar-refractivity contribution in [1.29, 1.82) is 0 Å². The second kappa shape index (κ2) is 7.79. The Morgan fingerprint density at radius 1 is 1.30 bits per heavy atom. The zero-order valence-electron chi connectivity index (χ0n) is 11.7. The number of halogens is 2. The Hall–Kier alpha value is -1.69. The van der Waals surface area contributed by atoms with Gasteiger partial charge >= 0.3 is 0 Å². The first-order valence-electron chi connectivity index (χ1n) is 6.52. The molecule has 0 bridgehead atoms. The molecule has 112 valence electrons. The quantitative estimate of drug-likeness (QED) is 0.597. The maximum atomic E-state index is 13.4. The summed E-state index contributed by atoms with van der Waals surface area (Å²) in [5, 5.41) is 2.49. The molecule has 1 aromatic rings. The fourth-order valence-electron chi connectivity index (χ4n) is 1.49. The number of anilines is 1. The van der Waals surface area contributed by atoms with Gasteiger partial charge in [-0.2, -0.15) is 0 Å². The molecule has 0 radical (unpaired) electrons. The van der Waals surface area contributed by atoms with Crippen LogP contribution in [0.4, 0.5) is 14.5 Å². The third kappa shape index (κ3) is 5.13. The molecular formula is C14H20F2N2O2. The van der Waals surface area contributed by atoms with E-state index in [1.165, 1.54) is 0 Å². The lowest BCUT2D eigenvalue weighted by molar-refractivity contribution is 0.0902. The van der Waals surface area contributed by atoms with E-state index in [4.69, 9.17) is 10.5 Å². The number of hydrogen-bond donors (Lipinski definition) is 2. The van der Waals surface area contributed by atoms with Gasteiger partial charge in [-0.15, -0.1) is 0 Å². The van der Waals surface area contributed by atoms with Crippen LogP contribution in [0.2, 0.25) is 0 Å². The molecule has 1 amide bonds. The van der Waals surface area contributed by atoms with E-state index in [1.807, 2.05) is 0 Å². The van der Waals surface area contributed by atoms with Gasteiger partial charge in [-0.05, 0) is 18.4 Å². The molecule has 1 rings (SSSR count). The van der Waals surface area contributed by atoms with Crippen molar-refractivity contribution in [2.75, 3.05) is 25.5 Å². The van der Waals surface area contributed by atoms with Gasteiger partial charge < -0.3 is 15.8 Å². The summed E-state index contributed by atoms with van der Waals surface area (Å²) in [4.78, 5) is 11.7. The number of amides is 1. The van der Waals surface area contributed by atoms with Gasteiger partial charge in [0.05, 0.1) is 17.9 Å². The largest absolute Gasteiger partial charge is 0.396 e. The van der Waals surface area contributed by atoms with E-state index in [1.54, 1.807) is 0 Å². The minimum Gasteiger partial charge on any atom is -0.396 e. The normalized spacial score (nSPS) is 10.8. The van der Waals surface area contributed by atoms with Crippen molar-refractivity contribution < 1.29 is 18.3 Å². The molecule has 0 saturated heterocycles. The smallest absolute Gasteiger partial charge is 0.254 e. The first-order valence-corrected chi connectivity index (χ1v) is 6.52. The van der Waals surface area contributed by atoms with Crippen LogP contribution in [0.25, 0.3) is 0 Å². The first kappa shape index (κ1) is 16.4. The highest BCUT2D eigenvalue weighted by atomic mass is 19.1. The number of benzene rings is 1. The van der Waals surface area contributed by atoms with Gasteiger partial charge in [-0.3, -0.25) is 4.79 Å². The minimum absolute atomic E-state index is 0.258. The van der Waals surface area contributed by atoms with Crippen LogP contribution in [0.1, 0.15) is 30.6 Å². The van der Waals surface area contributed by atoms with E-state index in [-0.39, 0.29) is 17.8 Å². The van der Waals surface area contributed by atoms with Crippen LogP contribution in [0.15, 0.2) is 12.1 Å². The molecule has 0 unspecified atom stereocenters. The third-order valence-electron chi connectivity index (χ3n) is 2.70. The van der Waals surface area contributed by atoms with Crippen molar-refractivity contribution in [3.05, 3.63) is 29.3 Å². The molecule has 0 spiro atoms. The molecule has 1 aromatic carbocycles. The highest BCUT2D eigenvalue weighted by Gasteiger charge is 2.14. The van der Waals surface area contributed by atoms with Gasteiger partial charge in [0.15, 0.2) is 0 Å². The number of ether oxygens (including phenoxy) is 1. The highest BCUT2D eigenvalue weighted by Crippen LogP contribution is 2.16. The Morgan fingerprint density at radius 2 is 2.00 bits per heavy atom. The number of hydrogen-bond acceptors (Lipinski definition) is 3. The summed E-state index contributed by atoms with van der Waals surface area (Å²) >= 11 is 0. The summed E-state index contributed by atoms with van der Waals surface area (Å²) in [6.07, 6.45) is 0.942. The van der Waals surface area contributed by atoms with Gasteiger partial charge in [0.2, 0.25) is 0 Å². The number of nitrogens with two attached hydrogens (primary N) is 1. The van der Waals surface area contributed by atoms with Crippen LogP contribution in [0.5, 0.6) is 0 Å². The van der Waals surface area contributed by atoms with Gasteiger partial charge in [-0.1, -0.05) is 13.8 Å². The van der Waals surface area contributed by atoms with Gasteiger partial charge in [-0.25, -0.2) is 8.78 Å². The van der Waals surface area contributed by atoms with Crippen molar-refractivity contribution in [3.63, 3.8) is 0 Å². The number of carbonyl (C=O) groups is 1. The lowest BCUT2D eigenvalue weighted by Gasteiger charge is -2.09. The molecule has 0 aliphatic rings. The van der Waals surface area contributed by atoms with Crippen LogP contribution in [0, 0.1) is 17.6 Å². The van der Waals surface area contributed by atoms with Crippen LogP contribution in [0.3, 0.4) is 0 Å². The standard InChI is InChI=1S/C14H20F2N2O2/c1-9(2)3-5-20-6-4-18-14(19)10-7-13(17)12(16)8-11(10)15/h7-9H,3-6,17H2,1-2H3,(H,18,19). The van der Waals surface area contributed by atoms with Gasteiger partial charge in [0.25, 0.3) is 5.91 Å². The zero-order chi connectivity index (χ0) is 15.1. The van der Waals surface area contributed by atoms with Crippen LogP contribution in [-0.2, 0) is 4.74 Å². The van der Waals surface area contributed by atoms with E-state index < -0.39 is 17.5 Å². The summed E-state index contributed by atoms with van der Waals surface area (Å²) in [7, 11) is 0. The number of nitrogens with one attached hydrogen (secondary N) is 1. The van der Waals surface area contributed by atoms with E-state index in [9.17, 15) is 13.6 Å². The molecule has 0 heterocycles. The molecule has 0 fully saturated rings. The number of carbonyl (C=O) groups excluding carboxylic acids is 1. The predicted molar refractivity (Wildman–Crippen MR) is 73.4 cm³/mol. The maximum Gasteiger partial charge on any atom is 0.254 e. The molecule has 0 saturated carbocycles. The van der Waals surface area contributed by atoms with Crippen molar-refractivity contribution in [2.24, 2.45) is 5.92 Å². The molecule has 3 N–H and O–H groups in total. The molecule has 0 aliphatic carbocycles. The van der Waals surface area contributed by atoms with Crippen LogP contribution < -0.4 is 11.1 Å². The number of rotatable bonds is 7. The zero-order valence-corrected chi connectivity index (χ0v) is 11.7. The minimum atomic E-state index is -0.935. The summed E-state index contributed by atoms with van der Waals surface area (Å²) in [6.45, 7) is 5.40. The van der Waals surface area contributed by atoms with Crippen molar-refractivity contribution >= 4 is 11.6 Å². The molecule has 0 aliphatic heterocycles. The Balaban J connectivity index is 2.38. The summed E-state index contributed by atoms with van der Waals surface area (Å²) in [6, 6.07) is 1.59. The second-order valence-corrected chi connectivity index (χ2v) is 4.90. The fraction of sp³-hybridized carbons (Fsp3) is 0.500. The monoisotopic (exact) mass is 286 g/mol. The Morgan fingerprint density at radius 3 is 2.65 bits per heavy atom. The molecule has 4 nitrogen and oxygen atoms in total. The van der Waals surface area contributed by atoms with Crippen LogP contribution in [-0.4, -0.2) is 25.7 Å². The predicted octanol–water partition coefficient (Wildman–Crippen LogP) is 2.34. The van der Waals surface area contributed by atoms with Crippen molar-refractivity contribution in [2.45, 2.75) is 20.3 Å². The lowest BCUT2D eigenvalue weighted by Crippen LogP contribution is -2.28. The molecular weight excluding hydrogens is 266 g/mol. The van der Waals surface area contributed by atoms with Gasteiger partial charge in [0, 0.05) is 19.2 Å². The average Bonchev–Trinajstić information content (AvgIpc) is 2.37. The van der Waals surface area contributed by atoms with Crippen molar-refractivity contribution in [1.82, 2.24) is 5.32 Å². The Labute approximate surface area is 117 Å². The van der Waals surface area contributed by atoms with Gasteiger partial charge in [0.1, 0.15) is 11.6 Å². The van der Waals surface area contributed by atoms with E-state index in [0.717, 1.165) is 12.5 Å². The highest BCUT2D eigenvalue weighted by molar-refractivity contribution is 5.95. The molecule has 6 heteroatoms. The fourth-order valence-corrected chi connectivity index (χ4v) is 1.49. The molecule has 0 atom stereocenters. The molecule has 20 heavy (non-hydrogen) atoms. The Kier molecular flexibility index (Phi) is 6.38. The second-order valence-electron chi connectivity index (χ2n) is 4.90. The summed E-state index contributed by atoms with van der Waals surface area (Å²) in [5.41, 5.74) is 4.77. The van der Waals surface area contributed by atoms with Crippen LogP contribution >= 0.6 is 0 Å². The van der Waals surface area contributed by atoms with Crippen molar-refractivity contribution in [3.8, 4) is 0 Å². The topological polar surface area (TPSA) is 64.3 Å². The van der Waals surface area contributed by atoms with E-state index in [0.29, 0.717) is 25.2 Å². The SMILES string of the molecule is CC(C)CCOCCNC(=O)c1cc(N)c(F)cc1F. The Bertz CT molecular complexity index is 465. The van der Waals surface area contributed by atoms with E-state index in [2.05, 4.69) is 19.2 Å². The lowest BCUT2D eigenvalue weighted by atomic mass is 10.1.